The third-order valence-corrected chi connectivity index (χ3v) is 5.01. The summed E-state index contributed by atoms with van der Waals surface area (Å²) in [5.41, 5.74) is 2.03. The van der Waals surface area contributed by atoms with Gasteiger partial charge in [-0.15, -0.1) is 0 Å². The minimum Gasteiger partial charge on any atom is -0.353 e. The highest BCUT2D eigenvalue weighted by Crippen LogP contribution is 2.25. The highest BCUT2D eigenvalue weighted by Gasteiger charge is 2.21. The molecule has 27 heavy (non-hydrogen) atoms. The topological polar surface area (TPSA) is 52.6 Å². The van der Waals surface area contributed by atoms with Crippen molar-refractivity contribution in [1.82, 2.24) is 14.9 Å². The molecule has 0 N–H and O–H groups in total. The van der Waals surface area contributed by atoms with Crippen molar-refractivity contribution in [3.63, 3.8) is 0 Å². The normalized spacial score (nSPS) is 14.3. The number of carbonyl (C=O) groups is 1. The Labute approximate surface area is 161 Å². The molecule has 0 spiro atoms. The molecule has 144 valence electrons. The van der Waals surface area contributed by atoms with Crippen LogP contribution < -0.4 is 9.80 Å². The lowest BCUT2D eigenvalue weighted by atomic mass is 10.1. The zero-order valence-corrected chi connectivity index (χ0v) is 16.6. The maximum Gasteiger partial charge on any atom is 0.227 e. The van der Waals surface area contributed by atoms with Crippen LogP contribution in [0.4, 0.5) is 11.8 Å². The lowest BCUT2D eigenvalue weighted by Gasteiger charge is -2.35. The number of rotatable bonds is 6. The fraction of sp³-hybridized carbons (Fsp3) is 0.476. The van der Waals surface area contributed by atoms with Crippen LogP contribution in [0, 0.1) is 0 Å². The Bertz CT molecular complexity index is 756. The number of hydrogen-bond donors (Lipinski definition) is 0. The van der Waals surface area contributed by atoms with Crippen LogP contribution in [0.1, 0.15) is 26.7 Å². The fourth-order valence-corrected chi connectivity index (χ4v) is 3.26. The minimum atomic E-state index is 0.141. The van der Waals surface area contributed by atoms with Gasteiger partial charge in [-0.3, -0.25) is 4.79 Å². The lowest BCUT2D eigenvalue weighted by molar-refractivity contribution is -0.129. The number of piperazine rings is 1. The quantitative estimate of drug-likeness (QED) is 0.785. The molecule has 0 bridgehead atoms. The molecule has 0 radical (unpaired) electrons. The number of carbonyl (C=O) groups excluding carboxylic acids is 1. The number of unbranched alkanes of at least 4 members (excludes halogenated alkanes) is 1. The van der Waals surface area contributed by atoms with Gasteiger partial charge in [-0.05, 0) is 6.42 Å². The Hall–Kier alpha value is -2.63. The minimum absolute atomic E-state index is 0.141. The molecule has 0 saturated carbocycles. The van der Waals surface area contributed by atoms with E-state index in [1.807, 2.05) is 23.1 Å². The van der Waals surface area contributed by atoms with E-state index in [0.29, 0.717) is 0 Å². The second-order valence-electron chi connectivity index (χ2n) is 7.05. The molecule has 6 heteroatoms. The van der Waals surface area contributed by atoms with E-state index in [2.05, 4.69) is 42.0 Å². The van der Waals surface area contributed by atoms with Crippen LogP contribution in [-0.2, 0) is 4.79 Å². The van der Waals surface area contributed by atoms with E-state index in [1.54, 1.807) is 6.92 Å². The molecule has 1 aromatic heterocycles. The summed E-state index contributed by atoms with van der Waals surface area (Å²) >= 11 is 0. The maximum atomic E-state index is 11.6. The molecule has 0 aliphatic carbocycles. The van der Waals surface area contributed by atoms with E-state index in [9.17, 15) is 4.79 Å². The molecule has 3 rings (SSSR count). The second kappa shape index (κ2) is 8.84. The van der Waals surface area contributed by atoms with Gasteiger partial charge >= 0.3 is 0 Å². The van der Waals surface area contributed by atoms with Crippen LogP contribution in [0.5, 0.6) is 0 Å². The van der Waals surface area contributed by atoms with Crippen molar-refractivity contribution in [3.8, 4) is 11.3 Å². The van der Waals surface area contributed by atoms with E-state index in [1.165, 1.54) is 0 Å². The number of aromatic nitrogens is 2. The van der Waals surface area contributed by atoms with Crippen molar-refractivity contribution >= 4 is 17.7 Å². The molecule has 1 amide bonds. The number of amides is 1. The Kier molecular flexibility index (Phi) is 6.27. The van der Waals surface area contributed by atoms with Crippen LogP contribution in [0.25, 0.3) is 11.3 Å². The molecule has 1 aromatic carbocycles. The Balaban J connectivity index is 1.89. The number of anilines is 2. The molecule has 1 aliphatic rings. The molecule has 0 atom stereocenters. The standard InChI is InChI=1S/C21H29N5O/c1-4-5-11-24(3)21-22-19(18-9-7-6-8-10-18)16-20(23-21)26-14-12-25(13-15-26)17(2)27/h6-10,16H,4-5,11-15H2,1-3H3. The zero-order valence-electron chi connectivity index (χ0n) is 16.6. The van der Waals surface area contributed by atoms with Crippen molar-refractivity contribution < 1.29 is 4.79 Å². The van der Waals surface area contributed by atoms with E-state index < -0.39 is 0 Å². The van der Waals surface area contributed by atoms with Crippen LogP contribution >= 0.6 is 0 Å². The Morgan fingerprint density at radius 3 is 2.44 bits per heavy atom. The van der Waals surface area contributed by atoms with Crippen LogP contribution in [0.15, 0.2) is 36.4 Å². The second-order valence-corrected chi connectivity index (χ2v) is 7.05. The van der Waals surface area contributed by atoms with E-state index in [4.69, 9.17) is 9.97 Å². The highest BCUT2D eigenvalue weighted by atomic mass is 16.2. The van der Waals surface area contributed by atoms with Crippen molar-refractivity contribution in [1.29, 1.82) is 0 Å². The van der Waals surface area contributed by atoms with E-state index in [0.717, 1.165) is 68.6 Å². The van der Waals surface area contributed by atoms with Crippen LogP contribution in [0.3, 0.4) is 0 Å². The first-order valence-electron chi connectivity index (χ1n) is 9.74. The summed E-state index contributed by atoms with van der Waals surface area (Å²) in [6, 6.07) is 12.3. The summed E-state index contributed by atoms with van der Waals surface area (Å²) in [4.78, 5) is 27.5. The van der Waals surface area contributed by atoms with Crippen molar-refractivity contribution in [2.24, 2.45) is 0 Å². The van der Waals surface area contributed by atoms with Gasteiger partial charge in [-0.1, -0.05) is 43.7 Å². The summed E-state index contributed by atoms with van der Waals surface area (Å²) < 4.78 is 0. The number of nitrogens with zero attached hydrogens (tertiary/aromatic N) is 5. The van der Waals surface area contributed by atoms with Gasteiger partial charge in [-0.25, -0.2) is 4.98 Å². The van der Waals surface area contributed by atoms with Gasteiger partial charge < -0.3 is 14.7 Å². The average molecular weight is 367 g/mol. The lowest BCUT2D eigenvalue weighted by Crippen LogP contribution is -2.48. The Morgan fingerprint density at radius 2 is 1.81 bits per heavy atom. The van der Waals surface area contributed by atoms with Crippen molar-refractivity contribution in [3.05, 3.63) is 36.4 Å². The largest absolute Gasteiger partial charge is 0.353 e. The Morgan fingerprint density at radius 1 is 1.11 bits per heavy atom. The van der Waals surface area contributed by atoms with Gasteiger partial charge in [0.2, 0.25) is 11.9 Å². The average Bonchev–Trinajstić information content (AvgIpc) is 2.72. The number of benzene rings is 1. The van der Waals surface area contributed by atoms with Crippen molar-refractivity contribution in [2.45, 2.75) is 26.7 Å². The zero-order chi connectivity index (χ0) is 19.2. The first kappa shape index (κ1) is 19.1. The van der Waals surface area contributed by atoms with Gasteiger partial charge in [-0.2, -0.15) is 4.98 Å². The molecule has 1 fully saturated rings. The fourth-order valence-electron chi connectivity index (χ4n) is 3.26. The first-order valence-corrected chi connectivity index (χ1v) is 9.74. The molecule has 2 aromatic rings. The molecular formula is C21H29N5O. The van der Waals surface area contributed by atoms with Crippen molar-refractivity contribution in [2.75, 3.05) is 49.6 Å². The SMILES string of the molecule is CCCCN(C)c1nc(-c2ccccc2)cc(N2CCN(C(C)=O)CC2)n1. The van der Waals surface area contributed by atoms with Gasteiger partial charge in [0.05, 0.1) is 5.69 Å². The molecule has 0 unspecified atom stereocenters. The molecule has 1 saturated heterocycles. The van der Waals surface area contributed by atoms with E-state index >= 15 is 0 Å². The highest BCUT2D eigenvalue weighted by molar-refractivity contribution is 5.73. The maximum absolute atomic E-state index is 11.6. The molecule has 2 heterocycles. The van der Waals surface area contributed by atoms with Gasteiger partial charge in [0.15, 0.2) is 0 Å². The number of hydrogen-bond acceptors (Lipinski definition) is 5. The molecule has 1 aliphatic heterocycles. The third kappa shape index (κ3) is 4.76. The van der Waals surface area contributed by atoms with Crippen LogP contribution in [-0.4, -0.2) is 60.5 Å². The van der Waals surface area contributed by atoms with Gasteiger partial charge in [0.1, 0.15) is 5.82 Å². The molecular weight excluding hydrogens is 338 g/mol. The summed E-state index contributed by atoms with van der Waals surface area (Å²) in [6.07, 6.45) is 2.25. The summed E-state index contributed by atoms with van der Waals surface area (Å²) in [5, 5.41) is 0. The monoisotopic (exact) mass is 367 g/mol. The first-order chi connectivity index (χ1) is 13.1. The van der Waals surface area contributed by atoms with Gasteiger partial charge in [0, 0.05) is 58.3 Å². The van der Waals surface area contributed by atoms with Crippen LogP contribution in [0.2, 0.25) is 0 Å². The van der Waals surface area contributed by atoms with Gasteiger partial charge in [0.25, 0.3) is 0 Å². The predicted octanol–water partition coefficient (Wildman–Crippen LogP) is 3.05. The third-order valence-electron chi connectivity index (χ3n) is 5.01. The predicted molar refractivity (Wildman–Crippen MR) is 110 cm³/mol. The summed E-state index contributed by atoms with van der Waals surface area (Å²) in [6.45, 7) is 7.82. The summed E-state index contributed by atoms with van der Waals surface area (Å²) in [5.74, 6) is 1.83. The summed E-state index contributed by atoms with van der Waals surface area (Å²) in [7, 11) is 2.05. The molecule has 6 nitrogen and oxygen atoms in total. The van der Waals surface area contributed by atoms with E-state index in [-0.39, 0.29) is 5.91 Å². The smallest absolute Gasteiger partial charge is 0.227 e.